The van der Waals surface area contributed by atoms with E-state index in [0.717, 1.165) is 17.8 Å². The number of aromatic amines is 1. The normalized spacial score (nSPS) is 36.6. The number of fused-ring (bicyclic) bond motifs is 1. The Bertz CT molecular complexity index is 689. The molecule has 4 bridgehead atoms. The second kappa shape index (κ2) is 4.37. The van der Waals surface area contributed by atoms with E-state index < -0.39 is 0 Å². The van der Waals surface area contributed by atoms with Crippen molar-refractivity contribution in [3.8, 4) is 0 Å². The minimum atomic E-state index is 0.438. The molecule has 4 fully saturated rings. The van der Waals surface area contributed by atoms with E-state index in [1.807, 2.05) is 6.33 Å². The van der Waals surface area contributed by atoms with E-state index in [2.05, 4.69) is 31.0 Å². The average molecular weight is 294 g/mol. The van der Waals surface area contributed by atoms with Crippen molar-refractivity contribution in [3.63, 3.8) is 0 Å². The maximum atomic E-state index is 4.72. The Morgan fingerprint density at radius 3 is 2.27 bits per heavy atom. The van der Waals surface area contributed by atoms with Gasteiger partial charge in [0, 0.05) is 0 Å². The number of hydrogen-bond acceptors (Lipinski definition) is 1. The number of imidazole rings is 1. The molecule has 116 valence electrons. The molecule has 1 aromatic heterocycles. The second-order valence-corrected chi connectivity index (χ2v) is 8.72. The number of benzene rings is 1. The Morgan fingerprint density at radius 1 is 1.05 bits per heavy atom. The lowest BCUT2D eigenvalue weighted by atomic mass is 9.48. The van der Waals surface area contributed by atoms with Gasteiger partial charge in [-0.2, -0.15) is 0 Å². The van der Waals surface area contributed by atoms with Crippen LogP contribution in [-0.2, 0) is 5.41 Å². The van der Waals surface area contributed by atoms with Gasteiger partial charge < -0.3 is 4.98 Å². The summed E-state index contributed by atoms with van der Waals surface area (Å²) in [5.74, 6) is 3.55. The molecule has 0 saturated heterocycles. The third-order valence-electron chi connectivity index (χ3n) is 6.82. The van der Waals surface area contributed by atoms with E-state index in [0.29, 0.717) is 11.3 Å². The van der Waals surface area contributed by atoms with Crippen LogP contribution in [0, 0.1) is 17.8 Å². The van der Waals surface area contributed by atoms with Crippen LogP contribution in [0.1, 0.15) is 69.4 Å². The van der Waals surface area contributed by atoms with E-state index in [1.54, 1.807) is 5.56 Å². The smallest absolute Gasteiger partial charge is 0.0932 e. The van der Waals surface area contributed by atoms with Crippen LogP contribution < -0.4 is 0 Å². The molecule has 1 N–H and O–H groups in total. The van der Waals surface area contributed by atoms with Crippen LogP contribution in [-0.4, -0.2) is 9.97 Å². The monoisotopic (exact) mass is 294 g/mol. The summed E-state index contributed by atoms with van der Waals surface area (Å²) in [6, 6.07) is 4.83. The first-order valence-electron chi connectivity index (χ1n) is 9.10. The van der Waals surface area contributed by atoms with Crippen LogP contribution in [0.4, 0.5) is 0 Å². The summed E-state index contributed by atoms with van der Waals surface area (Å²) in [5.41, 5.74) is 5.99. The molecule has 2 heteroatoms. The highest BCUT2D eigenvalue weighted by molar-refractivity contribution is 5.81. The van der Waals surface area contributed by atoms with E-state index in [1.165, 1.54) is 55.1 Å². The fourth-order valence-electron chi connectivity index (χ4n) is 6.25. The second-order valence-electron chi connectivity index (χ2n) is 8.72. The fourth-order valence-corrected chi connectivity index (χ4v) is 6.25. The number of aromatic nitrogens is 2. The summed E-state index contributed by atoms with van der Waals surface area (Å²) in [6.45, 7) is 4.61. The lowest BCUT2D eigenvalue weighted by molar-refractivity contribution is -0.00460. The number of hydrogen-bond donors (Lipinski definition) is 1. The highest BCUT2D eigenvalue weighted by atomic mass is 14.9. The molecule has 4 saturated carbocycles. The molecule has 1 aromatic carbocycles. The van der Waals surface area contributed by atoms with Crippen molar-refractivity contribution >= 4 is 11.0 Å². The highest BCUT2D eigenvalue weighted by Crippen LogP contribution is 2.61. The Hall–Kier alpha value is -1.31. The van der Waals surface area contributed by atoms with Gasteiger partial charge in [0.15, 0.2) is 0 Å². The Labute approximate surface area is 132 Å². The first-order chi connectivity index (χ1) is 10.6. The average Bonchev–Trinajstić information content (AvgIpc) is 2.92. The van der Waals surface area contributed by atoms with Crippen molar-refractivity contribution < 1.29 is 0 Å². The Kier molecular flexibility index (Phi) is 2.61. The molecule has 0 spiro atoms. The molecule has 4 aliphatic rings. The van der Waals surface area contributed by atoms with E-state index >= 15 is 0 Å². The molecule has 6 rings (SSSR count). The maximum absolute atomic E-state index is 4.72. The predicted molar refractivity (Wildman–Crippen MR) is 90.0 cm³/mol. The van der Waals surface area contributed by atoms with Gasteiger partial charge in [-0.15, -0.1) is 0 Å². The van der Waals surface area contributed by atoms with Crippen molar-refractivity contribution in [1.29, 1.82) is 0 Å². The van der Waals surface area contributed by atoms with Gasteiger partial charge in [0.1, 0.15) is 0 Å². The van der Waals surface area contributed by atoms with Crippen molar-refractivity contribution in [3.05, 3.63) is 29.6 Å². The minimum Gasteiger partial charge on any atom is -0.345 e. The van der Waals surface area contributed by atoms with Crippen LogP contribution in [0.15, 0.2) is 18.5 Å². The molecule has 0 unspecified atom stereocenters. The zero-order chi connectivity index (χ0) is 14.9. The zero-order valence-electron chi connectivity index (χ0n) is 13.7. The Balaban J connectivity index is 1.71. The van der Waals surface area contributed by atoms with Crippen molar-refractivity contribution in [1.82, 2.24) is 9.97 Å². The van der Waals surface area contributed by atoms with E-state index in [4.69, 9.17) is 4.98 Å². The van der Waals surface area contributed by atoms with Crippen molar-refractivity contribution in [2.24, 2.45) is 17.8 Å². The molecule has 1 heterocycles. The standard InChI is InChI=1S/C20H26N2/c1-12(2)16-6-17(19-18(7-16)21-11-22-19)20-8-13-3-14(9-20)5-15(4-13)10-20/h6-7,11-15H,3-5,8-10H2,1-2H3,(H,21,22). The molecular weight excluding hydrogens is 268 g/mol. The summed E-state index contributed by atoms with van der Waals surface area (Å²) in [7, 11) is 0. The number of rotatable bonds is 2. The SMILES string of the molecule is CC(C)c1cc(C23CC4CC(CC(C4)C2)C3)c2nc[nH]c2c1. The lowest BCUT2D eigenvalue weighted by Gasteiger charge is -2.57. The van der Waals surface area contributed by atoms with Gasteiger partial charge in [-0.3, -0.25) is 0 Å². The van der Waals surface area contributed by atoms with Crippen LogP contribution in [0.3, 0.4) is 0 Å². The molecule has 0 radical (unpaired) electrons. The first-order valence-corrected chi connectivity index (χ1v) is 9.10. The third-order valence-corrected chi connectivity index (χ3v) is 6.82. The number of H-pyrrole nitrogens is 1. The molecule has 0 amide bonds. The number of nitrogens with one attached hydrogen (secondary N) is 1. The summed E-state index contributed by atoms with van der Waals surface area (Å²) in [5, 5.41) is 0. The molecule has 22 heavy (non-hydrogen) atoms. The van der Waals surface area contributed by atoms with E-state index in [9.17, 15) is 0 Å². The minimum absolute atomic E-state index is 0.438. The van der Waals surface area contributed by atoms with Gasteiger partial charge in [0.05, 0.1) is 17.4 Å². The highest BCUT2D eigenvalue weighted by Gasteiger charge is 2.52. The molecule has 0 aliphatic heterocycles. The topological polar surface area (TPSA) is 28.7 Å². The van der Waals surface area contributed by atoms with Gasteiger partial charge in [0.25, 0.3) is 0 Å². The van der Waals surface area contributed by atoms with Gasteiger partial charge >= 0.3 is 0 Å². The van der Waals surface area contributed by atoms with Crippen molar-refractivity contribution in [2.45, 2.75) is 63.7 Å². The first kappa shape index (κ1) is 13.2. The van der Waals surface area contributed by atoms with Gasteiger partial charge in [-0.1, -0.05) is 19.9 Å². The largest absolute Gasteiger partial charge is 0.345 e. The van der Waals surface area contributed by atoms with Gasteiger partial charge in [-0.25, -0.2) is 4.98 Å². The van der Waals surface area contributed by atoms with Crippen LogP contribution in [0.2, 0.25) is 0 Å². The summed E-state index contributed by atoms with van der Waals surface area (Å²) in [4.78, 5) is 8.10. The molecule has 4 aliphatic carbocycles. The van der Waals surface area contributed by atoms with Crippen LogP contribution >= 0.6 is 0 Å². The fraction of sp³-hybridized carbons (Fsp3) is 0.650. The molecule has 2 nitrogen and oxygen atoms in total. The summed E-state index contributed by atoms with van der Waals surface area (Å²) >= 11 is 0. The van der Waals surface area contributed by atoms with Crippen molar-refractivity contribution in [2.75, 3.05) is 0 Å². The van der Waals surface area contributed by atoms with Crippen LogP contribution in [0.25, 0.3) is 11.0 Å². The summed E-state index contributed by atoms with van der Waals surface area (Å²) < 4.78 is 0. The maximum Gasteiger partial charge on any atom is 0.0932 e. The molecule has 0 atom stereocenters. The predicted octanol–water partition coefficient (Wildman–Crippen LogP) is 5.15. The Morgan fingerprint density at radius 2 is 1.68 bits per heavy atom. The third kappa shape index (κ3) is 1.76. The van der Waals surface area contributed by atoms with E-state index in [-0.39, 0.29) is 0 Å². The van der Waals surface area contributed by atoms with Gasteiger partial charge in [-0.05, 0) is 84.8 Å². The van der Waals surface area contributed by atoms with Crippen LogP contribution in [0.5, 0.6) is 0 Å². The quantitative estimate of drug-likeness (QED) is 0.815. The molecular formula is C20H26N2. The van der Waals surface area contributed by atoms with Gasteiger partial charge in [0.2, 0.25) is 0 Å². The zero-order valence-corrected chi connectivity index (χ0v) is 13.7. The lowest BCUT2D eigenvalue weighted by Crippen LogP contribution is -2.48. The molecule has 2 aromatic rings. The number of nitrogens with zero attached hydrogens (tertiary/aromatic N) is 1. The summed E-state index contributed by atoms with van der Waals surface area (Å²) in [6.07, 6.45) is 10.7.